The number of nitrogens with one attached hydrogen (secondary N) is 1. The normalized spacial score (nSPS) is 28.2. The molecule has 0 saturated carbocycles. The van der Waals surface area contributed by atoms with Crippen LogP contribution in [-0.2, 0) is 0 Å². The van der Waals surface area contributed by atoms with Crippen LogP contribution in [0.4, 0.5) is 0 Å². The molecule has 0 radical (unpaired) electrons. The lowest BCUT2D eigenvalue weighted by molar-refractivity contribution is 0.262. The van der Waals surface area contributed by atoms with Crippen LogP contribution in [0.3, 0.4) is 0 Å². The van der Waals surface area contributed by atoms with E-state index in [0.29, 0.717) is 12.0 Å². The highest BCUT2D eigenvalue weighted by Gasteiger charge is 2.31. The van der Waals surface area contributed by atoms with Gasteiger partial charge >= 0.3 is 0 Å². The first kappa shape index (κ1) is 10.7. The molecule has 2 unspecified atom stereocenters. The number of hydrogen-bond donors (Lipinski definition) is 1. The maximum absolute atomic E-state index is 5.20. The van der Waals surface area contributed by atoms with Crippen LogP contribution in [0.2, 0.25) is 0 Å². The van der Waals surface area contributed by atoms with Crippen LogP contribution >= 0.6 is 12.2 Å². The molecule has 0 aromatic heterocycles. The van der Waals surface area contributed by atoms with Gasteiger partial charge in [-0.2, -0.15) is 0 Å². The summed E-state index contributed by atoms with van der Waals surface area (Å²) in [4.78, 5) is 4.52. The largest absolute Gasteiger partial charge is 0.366 e. The molecule has 4 heteroatoms. The lowest BCUT2D eigenvalue weighted by atomic mass is 10.1. The van der Waals surface area contributed by atoms with Crippen molar-refractivity contribution >= 4 is 17.3 Å². The number of likely N-dealkylation sites (N-methyl/N-ethyl adjacent to an activating group) is 1. The first-order valence-corrected chi connectivity index (χ1v) is 5.10. The van der Waals surface area contributed by atoms with Gasteiger partial charge in [-0.05, 0) is 32.2 Å². The Morgan fingerprint density at radius 3 is 2.46 bits per heavy atom. The van der Waals surface area contributed by atoms with Gasteiger partial charge in [0.2, 0.25) is 0 Å². The fourth-order valence-corrected chi connectivity index (χ4v) is 2.09. The molecule has 13 heavy (non-hydrogen) atoms. The maximum Gasteiger partial charge on any atom is 0.168 e. The van der Waals surface area contributed by atoms with Crippen LogP contribution in [0.25, 0.3) is 0 Å². The summed E-state index contributed by atoms with van der Waals surface area (Å²) in [5.74, 6) is 0.696. The summed E-state index contributed by atoms with van der Waals surface area (Å²) in [6.07, 6.45) is 0. The Morgan fingerprint density at radius 1 is 1.46 bits per heavy atom. The van der Waals surface area contributed by atoms with E-state index >= 15 is 0 Å². The molecular weight excluding hydrogens is 182 g/mol. The predicted molar refractivity (Wildman–Crippen MR) is 59.9 cm³/mol. The Hall–Kier alpha value is -0.350. The minimum absolute atomic E-state index is 0.631. The molecule has 0 bridgehead atoms. The van der Waals surface area contributed by atoms with Crippen molar-refractivity contribution in [1.29, 1.82) is 0 Å². The lowest BCUT2D eigenvalue weighted by Gasteiger charge is -2.22. The molecule has 1 heterocycles. The van der Waals surface area contributed by atoms with Crippen molar-refractivity contribution in [1.82, 2.24) is 15.1 Å². The molecule has 1 fully saturated rings. The fraction of sp³-hybridized carbons (Fsp3) is 0.889. The van der Waals surface area contributed by atoms with Gasteiger partial charge in [-0.15, -0.1) is 0 Å². The van der Waals surface area contributed by atoms with Gasteiger partial charge in [0.25, 0.3) is 0 Å². The van der Waals surface area contributed by atoms with E-state index in [1.165, 1.54) is 0 Å². The number of rotatable bonds is 1. The standard InChI is InChI=1S/C9H19N3S/c1-7-5-12(9(13)10-2)6-8(7)11(3)4/h7-8H,5-6H2,1-4H3,(H,10,13). The smallest absolute Gasteiger partial charge is 0.168 e. The fourth-order valence-electron chi connectivity index (χ4n) is 1.95. The van der Waals surface area contributed by atoms with Crippen molar-refractivity contribution in [2.24, 2.45) is 5.92 Å². The molecule has 0 aromatic rings. The van der Waals surface area contributed by atoms with Crippen LogP contribution < -0.4 is 5.32 Å². The molecule has 0 aromatic carbocycles. The maximum atomic E-state index is 5.20. The van der Waals surface area contributed by atoms with E-state index in [1.807, 2.05) is 7.05 Å². The second-order valence-corrected chi connectivity index (χ2v) is 4.36. The van der Waals surface area contributed by atoms with E-state index in [4.69, 9.17) is 12.2 Å². The third-order valence-electron chi connectivity index (χ3n) is 2.74. The number of hydrogen-bond acceptors (Lipinski definition) is 2. The molecular formula is C9H19N3S. The highest BCUT2D eigenvalue weighted by atomic mass is 32.1. The van der Waals surface area contributed by atoms with Crippen molar-refractivity contribution in [3.05, 3.63) is 0 Å². The second kappa shape index (κ2) is 4.24. The van der Waals surface area contributed by atoms with E-state index in [-0.39, 0.29) is 0 Å². The molecule has 0 amide bonds. The highest BCUT2D eigenvalue weighted by molar-refractivity contribution is 7.80. The summed E-state index contributed by atoms with van der Waals surface area (Å²) in [6.45, 7) is 4.40. The average molecular weight is 201 g/mol. The van der Waals surface area contributed by atoms with Crippen molar-refractivity contribution < 1.29 is 0 Å². The summed E-state index contributed by atoms with van der Waals surface area (Å²) < 4.78 is 0. The van der Waals surface area contributed by atoms with Crippen molar-refractivity contribution in [3.63, 3.8) is 0 Å². The Bertz CT molecular complexity index is 193. The third kappa shape index (κ3) is 2.31. The molecule has 0 spiro atoms. The quantitative estimate of drug-likeness (QED) is 0.618. The SMILES string of the molecule is CNC(=S)N1CC(C)C(N(C)C)C1. The molecule has 76 valence electrons. The van der Waals surface area contributed by atoms with E-state index in [1.54, 1.807) is 0 Å². The van der Waals surface area contributed by atoms with Gasteiger partial charge in [0.05, 0.1) is 0 Å². The first-order chi connectivity index (χ1) is 6.06. The minimum Gasteiger partial charge on any atom is -0.366 e. The Balaban J connectivity index is 2.54. The van der Waals surface area contributed by atoms with E-state index in [0.717, 1.165) is 18.2 Å². The molecule has 0 aliphatic carbocycles. The highest BCUT2D eigenvalue weighted by Crippen LogP contribution is 2.19. The summed E-state index contributed by atoms with van der Waals surface area (Å²) in [6, 6.07) is 0.631. The van der Waals surface area contributed by atoms with Crippen LogP contribution in [0.5, 0.6) is 0 Å². The predicted octanol–water partition coefficient (Wildman–Crippen LogP) is 0.373. The molecule has 3 nitrogen and oxygen atoms in total. The lowest BCUT2D eigenvalue weighted by Crippen LogP contribution is -2.39. The topological polar surface area (TPSA) is 18.5 Å². The number of thiocarbonyl (C=S) groups is 1. The van der Waals surface area contributed by atoms with Gasteiger partial charge in [-0.25, -0.2) is 0 Å². The first-order valence-electron chi connectivity index (χ1n) is 4.69. The third-order valence-corrected chi connectivity index (χ3v) is 3.20. The zero-order chi connectivity index (χ0) is 10.0. The van der Waals surface area contributed by atoms with Crippen LogP contribution in [0.1, 0.15) is 6.92 Å². The molecule has 1 rings (SSSR count). The van der Waals surface area contributed by atoms with Gasteiger partial charge in [-0.3, -0.25) is 0 Å². The summed E-state index contributed by atoms with van der Waals surface area (Å²) in [7, 11) is 6.15. The summed E-state index contributed by atoms with van der Waals surface area (Å²) in [5.41, 5.74) is 0. The minimum atomic E-state index is 0.631. The van der Waals surface area contributed by atoms with Gasteiger partial charge in [0.1, 0.15) is 0 Å². The zero-order valence-electron chi connectivity index (χ0n) is 8.87. The van der Waals surface area contributed by atoms with Gasteiger partial charge in [-0.1, -0.05) is 6.92 Å². The summed E-state index contributed by atoms with van der Waals surface area (Å²) >= 11 is 5.20. The van der Waals surface area contributed by atoms with E-state index in [2.05, 4.69) is 36.1 Å². The van der Waals surface area contributed by atoms with Gasteiger partial charge in [0.15, 0.2) is 5.11 Å². The van der Waals surface area contributed by atoms with E-state index in [9.17, 15) is 0 Å². The number of nitrogens with zero attached hydrogens (tertiary/aromatic N) is 2. The zero-order valence-corrected chi connectivity index (χ0v) is 9.69. The van der Waals surface area contributed by atoms with Crippen molar-refractivity contribution in [3.8, 4) is 0 Å². The van der Waals surface area contributed by atoms with Crippen LogP contribution in [-0.4, -0.2) is 55.2 Å². The average Bonchev–Trinajstić information content (AvgIpc) is 2.46. The van der Waals surface area contributed by atoms with Crippen molar-refractivity contribution in [2.75, 3.05) is 34.2 Å². The van der Waals surface area contributed by atoms with Gasteiger partial charge < -0.3 is 15.1 Å². The van der Waals surface area contributed by atoms with Crippen molar-refractivity contribution in [2.45, 2.75) is 13.0 Å². The molecule has 2 atom stereocenters. The van der Waals surface area contributed by atoms with Crippen LogP contribution in [0.15, 0.2) is 0 Å². The molecule has 1 aliphatic rings. The Labute approximate surface area is 86.1 Å². The van der Waals surface area contributed by atoms with Crippen LogP contribution in [0, 0.1) is 5.92 Å². The Kier molecular flexibility index (Phi) is 3.50. The van der Waals surface area contributed by atoms with E-state index < -0.39 is 0 Å². The van der Waals surface area contributed by atoms with Gasteiger partial charge in [0, 0.05) is 26.2 Å². The Morgan fingerprint density at radius 2 is 2.08 bits per heavy atom. The molecule has 1 aliphatic heterocycles. The molecule has 1 N–H and O–H groups in total. The molecule has 1 saturated heterocycles. The number of likely N-dealkylation sites (tertiary alicyclic amines) is 1. The second-order valence-electron chi connectivity index (χ2n) is 3.97. The summed E-state index contributed by atoms with van der Waals surface area (Å²) in [5, 5.41) is 3.90. The monoisotopic (exact) mass is 201 g/mol.